The summed E-state index contributed by atoms with van der Waals surface area (Å²) in [6.07, 6.45) is 0. The molecule has 20 rings (SSSR count). The molecular formula is C106H87Br2N3O2. The Labute approximate surface area is 681 Å². The van der Waals surface area contributed by atoms with Gasteiger partial charge in [-0.15, -0.1) is 0 Å². The number of para-hydroxylation sites is 7. The average molecular weight is 1590 g/mol. The third-order valence-corrected chi connectivity index (χ3v) is 24.2. The lowest BCUT2D eigenvalue weighted by atomic mass is 9.66. The van der Waals surface area contributed by atoms with E-state index in [1.165, 1.54) is 93.9 Å². The van der Waals surface area contributed by atoms with E-state index >= 15 is 0 Å². The van der Waals surface area contributed by atoms with Gasteiger partial charge < -0.3 is 24.6 Å². The van der Waals surface area contributed by atoms with E-state index in [-0.39, 0.29) is 16.2 Å². The van der Waals surface area contributed by atoms with Crippen molar-refractivity contribution in [3.05, 3.63) is 428 Å². The molecule has 16 aromatic carbocycles. The largest absolute Gasteiger partial charge is 0.457 e. The van der Waals surface area contributed by atoms with Crippen molar-refractivity contribution in [2.75, 3.05) is 15.1 Å². The molecule has 2 aliphatic heterocycles. The minimum absolute atomic E-state index is 0.0309. The Morgan fingerprint density at radius 1 is 0.265 bits per heavy atom. The molecule has 2 spiro atoms. The Bertz CT molecular complexity index is 6200. The predicted molar refractivity (Wildman–Crippen MR) is 480 cm³/mol. The third kappa shape index (κ3) is 12.6. The smallest absolute Gasteiger partial charge is 0.132 e. The van der Waals surface area contributed by atoms with Gasteiger partial charge in [-0.1, -0.05) is 319 Å². The van der Waals surface area contributed by atoms with Crippen LogP contribution < -0.4 is 24.6 Å². The second-order valence-corrected chi connectivity index (χ2v) is 34.8. The average Bonchev–Trinajstić information content (AvgIpc) is 1.53. The molecule has 0 aromatic heterocycles. The Morgan fingerprint density at radius 3 is 1.07 bits per heavy atom. The van der Waals surface area contributed by atoms with Crippen LogP contribution in [0, 0.1) is 0 Å². The van der Waals surface area contributed by atoms with Crippen molar-refractivity contribution < 1.29 is 9.47 Å². The molecule has 552 valence electrons. The molecule has 2 aliphatic carbocycles. The zero-order valence-corrected chi connectivity index (χ0v) is 68.2. The molecule has 0 bridgehead atoms. The van der Waals surface area contributed by atoms with Gasteiger partial charge in [-0.25, -0.2) is 0 Å². The first-order chi connectivity index (χ1) is 54.8. The predicted octanol–water partition coefficient (Wildman–Crippen LogP) is 30.4. The highest BCUT2D eigenvalue weighted by atomic mass is 79.9. The van der Waals surface area contributed by atoms with Gasteiger partial charge in [0.05, 0.1) is 16.5 Å². The van der Waals surface area contributed by atoms with Gasteiger partial charge in [-0.3, -0.25) is 0 Å². The monoisotopic (exact) mass is 1590 g/mol. The molecule has 4 aliphatic rings. The molecule has 7 heteroatoms. The summed E-state index contributed by atoms with van der Waals surface area (Å²) in [6, 6.07) is 129. The van der Waals surface area contributed by atoms with E-state index in [2.05, 4.69) is 449 Å². The molecule has 0 radical (unpaired) electrons. The van der Waals surface area contributed by atoms with Crippen LogP contribution in [0.3, 0.4) is 0 Å². The van der Waals surface area contributed by atoms with Crippen LogP contribution in [-0.2, 0) is 27.1 Å². The lowest BCUT2D eigenvalue weighted by molar-refractivity contribution is 0.436. The van der Waals surface area contributed by atoms with Crippen LogP contribution in [0.5, 0.6) is 23.0 Å². The van der Waals surface area contributed by atoms with Crippen molar-refractivity contribution in [3.8, 4) is 45.3 Å². The van der Waals surface area contributed by atoms with E-state index in [0.717, 1.165) is 88.6 Å². The first-order valence-corrected chi connectivity index (χ1v) is 40.7. The van der Waals surface area contributed by atoms with Gasteiger partial charge in [-0.05, 0) is 227 Å². The number of hydrogen-bond acceptors (Lipinski definition) is 5. The second-order valence-electron chi connectivity index (χ2n) is 33.1. The van der Waals surface area contributed by atoms with Gasteiger partial charge in [0.15, 0.2) is 0 Å². The van der Waals surface area contributed by atoms with Crippen LogP contribution in [0.4, 0.5) is 45.5 Å². The Balaban J connectivity index is 0.000000148. The first-order valence-electron chi connectivity index (χ1n) is 39.1. The fourth-order valence-corrected chi connectivity index (χ4v) is 18.7. The van der Waals surface area contributed by atoms with Crippen LogP contribution >= 0.6 is 31.9 Å². The highest BCUT2D eigenvalue weighted by Gasteiger charge is 2.54. The maximum atomic E-state index is 6.87. The van der Waals surface area contributed by atoms with Crippen molar-refractivity contribution in [1.82, 2.24) is 0 Å². The van der Waals surface area contributed by atoms with Gasteiger partial charge in [0.2, 0.25) is 0 Å². The van der Waals surface area contributed by atoms with Crippen LogP contribution in [0.1, 0.15) is 124 Å². The standard InChI is InChI=1S/C61H52N2O.C29H16Br2O.C16H19N/c1-59(2,3)41-29-33-45(34-30-41)62(43-19-9-7-10-20-43)47-37-38-50-53(39-47)61(51-25-15-17-27-56(51)64-57-28-18-16-26-52(57)61)54-40-55(48-23-13-14-24-49(48)58(50)54)63(44-21-11-8-12-22-44)46-35-31-42(32-36-46)60(4,5)6;30-17-13-14-20-23(15-17)29(24-16-25(31)18-7-1-2-8-19(18)28(20)24)21-9-3-5-11-26(21)32-27-12-6-4-10-22(27)29;1-16(2,3)13-9-11-15(12-10-13)17-14-7-5-4-6-8-14/h7-40H,1-6H3;1-16H;4-12,17H,1-3H3. The highest BCUT2D eigenvalue weighted by molar-refractivity contribution is 9.11. The molecule has 16 aromatic rings. The number of hydrogen-bond donors (Lipinski definition) is 1. The Kier molecular flexibility index (Phi) is 18.4. The summed E-state index contributed by atoms with van der Waals surface area (Å²) in [7, 11) is 0. The number of fused-ring (bicyclic) bond motifs is 22. The number of nitrogens with zero attached hydrogens (tertiary/aromatic N) is 2. The maximum Gasteiger partial charge on any atom is 0.132 e. The lowest BCUT2D eigenvalue weighted by Crippen LogP contribution is -2.32. The van der Waals surface area contributed by atoms with Gasteiger partial charge in [0, 0.05) is 76.4 Å². The zero-order chi connectivity index (χ0) is 77.5. The number of nitrogens with one attached hydrogen (secondary N) is 1. The quantitative estimate of drug-likeness (QED) is 0.164. The third-order valence-electron chi connectivity index (χ3n) is 23.1. The Hall–Kier alpha value is -12.0. The van der Waals surface area contributed by atoms with Gasteiger partial charge >= 0.3 is 0 Å². The van der Waals surface area contributed by atoms with Crippen molar-refractivity contribution in [2.45, 2.75) is 89.4 Å². The van der Waals surface area contributed by atoms with Crippen molar-refractivity contribution >= 4 is 98.9 Å². The number of benzene rings is 16. The summed E-state index contributed by atoms with van der Waals surface area (Å²) in [5.74, 6) is 3.56. The van der Waals surface area contributed by atoms with Gasteiger partial charge in [0.25, 0.3) is 0 Å². The summed E-state index contributed by atoms with van der Waals surface area (Å²) in [5.41, 5.74) is 26.7. The van der Waals surface area contributed by atoms with Crippen LogP contribution in [-0.4, -0.2) is 0 Å². The number of halogens is 2. The molecule has 0 saturated heterocycles. The van der Waals surface area contributed by atoms with Gasteiger partial charge in [0.1, 0.15) is 23.0 Å². The molecule has 0 atom stereocenters. The van der Waals surface area contributed by atoms with E-state index in [4.69, 9.17) is 9.47 Å². The van der Waals surface area contributed by atoms with Crippen LogP contribution in [0.25, 0.3) is 43.8 Å². The lowest BCUT2D eigenvalue weighted by Gasteiger charge is -2.40. The number of ether oxygens (including phenoxy) is 2. The summed E-state index contributed by atoms with van der Waals surface area (Å²) >= 11 is 7.66. The highest BCUT2D eigenvalue weighted by Crippen LogP contribution is 2.67. The molecule has 0 saturated carbocycles. The minimum Gasteiger partial charge on any atom is -0.457 e. The van der Waals surface area contributed by atoms with E-state index in [0.29, 0.717) is 0 Å². The maximum absolute atomic E-state index is 6.87. The number of anilines is 8. The molecule has 0 fully saturated rings. The molecule has 0 amide bonds. The van der Waals surface area contributed by atoms with Crippen LogP contribution in [0.2, 0.25) is 0 Å². The zero-order valence-electron chi connectivity index (χ0n) is 65.0. The molecular weight excluding hydrogens is 1510 g/mol. The molecule has 1 N–H and O–H groups in total. The normalized spacial score (nSPS) is 13.4. The van der Waals surface area contributed by atoms with Crippen LogP contribution in [0.15, 0.2) is 367 Å². The minimum atomic E-state index is -0.720. The second kappa shape index (κ2) is 28.6. The fourth-order valence-electron chi connectivity index (χ4n) is 17.7. The van der Waals surface area contributed by atoms with E-state index < -0.39 is 10.8 Å². The fraction of sp³-hybridized carbons (Fsp3) is 0.132. The molecule has 2 heterocycles. The van der Waals surface area contributed by atoms with E-state index in [1.54, 1.807) is 0 Å². The SMILES string of the molecule is Brc1ccc2c(c1)C1(c3ccccc3Oc3ccccc31)c1cc(Br)c3ccccc3c1-2.CC(C)(C)c1ccc(N(c2ccccc2)c2ccc3c(c2)C2(c4ccccc4Oc4ccccc42)c2cc(N(c4ccccc4)c4ccc(C(C)(C)C)cc4)c4ccccc4c2-3)cc1.CC(C)(C)c1ccc(Nc2ccccc2)cc1. The number of rotatable bonds is 8. The van der Waals surface area contributed by atoms with Gasteiger partial charge in [-0.2, -0.15) is 0 Å². The molecule has 5 nitrogen and oxygen atoms in total. The van der Waals surface area contributed by atoms with E-state index in [1.807, 2.05) is 18.2 Å². The van der Waals surface area contributed by atoms with Crippen molar-refractivity contribution in [2.24, 2.45) is 0 Å². The van der Waals surface area contributed by atoms with E-state index in [9.17, 15) is 0 Å². The van der Waals surface area contributed by atoms with Crippen molar-refractivity contribution in [3.63, 3.8) is 0 Å². The first kappa shape index (κ1) is 72.5. The summed E-state index contributed by atoms with van der Waals surface area (Å²) in [5, 5.41) is 8.28. The summed E-state index contributed by atoms with van der Waals surface area (Å²) in [4.78, 5) is 4.86. The van der Waals surface area contributed by atoms with Crippen molar-refractivity contribution in [1.29, 1.82) is 0 Å². The topological polar surface area (TPSA) is 37.0 Å². The summed E-state index contributed by atoms with van der Waals surface area (Å²) in [6.45, 7) is 20.3. The molecule has 113 heavy (non-hydrogen) atoms. The molecule has 0 unspecified atom stereocenters. The Morgan fingerprint density at radius 2 is 0.602 bits per heavy atom. The summed E-state index contributed by atoms with van der Waals surface area (Å²) < 4.78 is 15.5.